The van der Waals surface area contributed by atoms with E-state index < -0.39 is 5.60 Å². The van der Waals surface area contributed by atoms with Crippen molar-refractivity contribution in [3.05, 3.63) is 0 Å². The lowest BCUT2D eigenvalue weighted by Crippen LogP contribution is -2.30. The lowest BCUT2D eigenvalue weighted by molar-refractivity contribution is 0.0233. The van der Waals surface area contributed by atoms with E-state index in [9.17, 15) is 5.11 Å². The van der Waals surface area contributed by atoms with E-state index >= 15 is 0 Å². The molecule has 1 saturated heterocycles. The Morgan fingerprint density at radius 2 is 2.38 bits per heavy atom. The fourth-order valence-electron chi connectivity index (χ4n) is 0.764. The molecule has 1 fully saturated rings. The minimum atomic E-state index is -0.569. The van der Waals surface area contributed by atoms with Gasteiger partial charge in [0.15, 0.2) is 0 Å². The first-order chi connectivity index (χ1) is 3.63. The van der Waals surface area contributed by atoms with Crippen LogP contribution in [0.15, 0.2) is 0 Å². The third kappa shape index (κ3) is 0.858. The van der Waals surface area contributed by atoms with E-state index in [4.69, 9.17) is 4.74 Å². The Kier molecular flexibility index (Phi) is 1.29. The van der Waals surface area contributed by atoms with E-state index in [1.54, 1.807) is 0 Å². The Hall–Kier alpha value is -0.0800. The van der Waals surface area contributed by atoms with E-state index in [1.807, 2.05) is 13.8 Å². The van der Waals surface area contributed by atoms with Crippen molar-refractivity contribution in [1.29, 1.82) is 0 Å². The predicted octanol–water partition coefficient (Wildman–Crippen LogP) is 0.404. The van der Waals surface area contributed by atoms with Gasteiger partial charge in [0, 0.05) is 5.92 Å². The van der Waals surface area contributed by atoms with Crippen molar-refractivity contribution in [1.82, 2.24) is 0 Å². The molecule has 0 radical (unpaired) electrons. The average Bonchev–Trinajstić information content (AvgIpc) is 1.86. The van der Waals surface area contributed by atoms with Crippen molar-refractivity contribution < 1.29 is 9.84 Å². The summed E-state index contributed by atoms with van der Waals surface area (Å²) < 4.78 is 5.02. The van der Waals surface area contributed by atoms with Crippen molar-refractivity contribution in [2.45, 2.75) is 19.4 Å². The molecule has 0 spiro atoms. The van der Waals surface area contributed by atoms with Crippen molar-refractivity contribution in [2.24, 2.45) is 5.92 Å². The first-order valence-corrected chi connectivity index (χ1v) is 2.93. The monoisotopic (exact) mass is 116 g/mol. The van der Waals surface area contributed by atoms with E-state index in [-0.39, 0.29) is 0 Å². The molecule has 2 nitrogen and oxygen atoms in total. The van der Waals surface area contributed by atoms with Crippen LogP contribution in [0.25, 0.3) is 0 Å². The number of aliphatic hydroxyl groups is 1. The Bertz CT molecular complexity index is 88.5. The first-order valence-electron chi connectivity index (χ1n) is 2.93. The van der Waals surface area contributed by atoms with Crippen molar-refractivity contribution >= 4 is 0 Å². The van der Waals surface area contributed by atoms with Gasteiger partial charge in [0.2, 0.25) is 0 Å². The topological polar surface area (TPSA) is 29.5 Å². The van der Waals surface area contributed by atoms with Gasteiger partial charge in [-0.1, -0.05) is 6.92 Å². The summed E-state index contributed by atoms with van der Waals surface area (Å²) in [6.45, 7) is 5.00. The van der Waals surface area contributed by atoms with E-state index in [0.29, 0.717) is 19.1 Å². The molecule has 1 heterocycles. The summed E-state index contributed by atoms with van der Waals surface area (Å²) in [7, 11) is 0. The molecule has 1 unspecified atom stereocenters. The summed E-state index contributed by atoms with van der Waals surface area (Å²) in [5.41, 5.74) is -0.569. The maximum atomic E-state index is 9.34. The van der Waals surface area contributed by atoms with Crippen LogP contribution in [-0.2, 0) is 4.74 Å². The quantitative estimate of drug-likeness (QED) is 0.496. The van der Waals surface area contributed by atoms with Gasteiger partial charge in [-0.25, -0.2) is 0 Å². The normalized spacial score (nSPS) is 47.6. The Morgan fingerprint density at radius 1 is 1.75 bits per heavy atom. The number of hydrogen-bond donors (Lipinski definition) is 1. The first kappa shape index (κ1) is 6.05. The van der Waals surface area contributed by atoms with E-state index in [2.05, 4.69) is 0 Å². The molecular formula is C6H12O2. The van der Waals surface area contributed by atoms with Crippen LogP contribution in [0.2, 0.25) is 0 Å². The molecule has 48 valence electrons. The van der Waals surface area contributed by atoms with Gasteiger partial charge in [-0.15, -0.1) is 0 Å². The molecule has 0 aromatic carbocycles. The summed E-state index contributed by atoms with van der Waals surface area (Å²) in [6.07, 6.45) is 0. The third-order valence-electron chi connectivity index (χ3n) is 1.82. The van der Waals surface area contributed by atoms with Gasteiger partial charge >= 0.3 is 0 Å². The van der Waals surface area contributed by atoms with Crippen LogP contribution < -0.4 is 0 Å². The van der Waals surface area contributed by atoms with Crippen LogP contribution in [0.1, 0.15) is 13.8 Å². The highest BCUT2D eigenvalue weighted by Crippen LogP contribution is 2.23. The minimum absolute atomic E-state index is 0.294. The highest BCUT2D eigenvalue weighted by Gasteiger charge is 2.34. The lowest BCUT2D eigenvalue weighted by Gasteiger charge is -2.18. The predicted molar refractivity (Wildman–Crippen MR) is 30.6 cm³/mol. The van der Waals surface area contributed by atoms with Crippen LogP contribution in [-0.4, -0.2) is 23.9 Å². The highest BCUT2D eigenvalue weighted by molar-refractivity contribution is 4.83. The minimum Gasteiger partial charge on any atom is -0.387 e. The molecule has 8 heavy (non-hydrogen) atoms. The van der Waals surface area contributed by atoms with E-state index in [1.165, 1.54) is 0 Å². The molecule has 0 aliphatic carbocycles. The van der Waals surface area contributed by atoms with E-state index in [0.717, 1.165) is 0 Å². The maximum Gasteiger partial charge on any atom is 0.0899 e. The zero-order valence-electron chi connectivity index (χ0n) is 5.35. The summed E-state index contributed by atoms with van der Waals surface area (Å²) >= 11 is 0. The molecule has 2 atom stereocenters. The Morgan fingerprint density at radius 3 is 2.50 bits per heavy atom. The van der Waals surface area contributed by atoms with Crippen molar-refractivity contribution in [2.75, 3.05) is 13.2 Å². The molecule has 2 heteroatoms. The number of ether oxygens (including phenoxy) is 1. The lowest BCUT2D eigenvalue weighted by atomic mass is 9.95. The average molecular weight is 116 g/mol. The third-order valence-corrected chi connectivity index (χ3v) is 1.82. The number of hydrogen-bond acceptors (Lipinski definition) is 2. The molecule has 0 aromatic heterocycles. The standard InChI is InChI=1S/C6H12O2/c1-5-3-8-4-6(5,2)7/h5,7H,3-4H2,1-2H3/t5-,6?/m1/s1. The van der Waals surface area contributed by atoms with Gasteiger partial charge < -0.3 is 9.84 Å². The second-order valence-electron chi connectivity index (χ2n) is 2.77. The smallest absolute Gasteiger partial charge is 0.0899 e. The molecule has 1 aliphatic rings. The fraction of sp³-hybridized carbons (Fsp3) is 1.00. The molecule has 0 amide bonds. The molecule has 0 aromatic rings. The zero-order chi connectivity index (χ0) is 6.20. The van der Waals surface area contributed by atoms with Gasteiger partial charge in [-0.05, 0) is 6.92 Å². The van der Waals surface area contributed by atoms with Crippen LogP contribution in [0, 0.1) is 5.92 Å². The van der Waals surface area contributed by atoms with Crippen LogP contribution in [0.3, 0.4) is 0 Å². The second-order valence-corrected chi connectivity index (χ2v) is 2.77. The zero-order valence-corrected chi connectivity index (χ0v) is 5.35. The largest absolute Gasteiger partial charge is 0.387 e. The van der Waals surface area contributed by atoms with Gasteiger partial charge in [0.25, 0.3) is 0 Å². The summed E-state index contributed by atoms with van der Waals surface area (Å²) in [6, 6.07) is 0. The molecule has 1 aliphatic heterocycles. The number of rotatable bonds is 0. The summed E-state index contributed by atoms with van der Waals surface area (Å²) in [5, 5.41) is 9.34. The van der Waals surface area contributed by atoms with Gasteiger partial charge in [-0.2, -0.15) is 0 Å². The molecule has 1 N–H and O–H groups in total. The highest BCUT2D eigenvalue weighted by atomic mass is 16.5. The SMILES string of the molecule is C[C@@H]1COCC1(C)O. The summed E-state index contributed by atoms with van der Waals surface area (Å²) in [5.74, 6) is 0.294. The van der Waals surface area contributed by atoms with Crippen molar-refractivity contribution in [3.8, 4) is 0 Å². The van der Waals surface area contributed by atoms with Crippen LogP contribution >= 0.6 is 0 Å². The molecule has 1 rings (SSSR count). The van der Waals surface area contributed by atoms with Gasteiger partial charge in [-0.3, -0.25) is 0 Å². The second kappa shape index (κ2) is 1.71. The van der Waals surface area contributed by atoms with Crippen LogP contribution in [0.5, 0.6) is 0 Å². The molecule has 0 saturated carbocycles. The fourth-order valence-corrected chi connectivity index (χ4v) is 0.764. The van der Waals surface area contributed by atoms with Gasteiger partial charge in [0.05, 0.1) is 18.8 Å². The van der Waals surface area contributed by atoms with Crippen molar-refractivity contribution in [3.63, 3.8) is 0 Å². The summed E-state index contributed by atoms with van der Waals surface area (Å²) in [4.78, 5) is 0. The Balaban J connectivity index is 2.54. The maximum absolute atomic E-state index is 9.34. The molecular weight excluding hydrogens is 104 g/mol. The Labute approximate surface area is 49.5 Å². The van der Waals surface area contributed by atoms with Gasteiger partial charge in [0.1, 0.15) is 0 Å². The van der Waals surface area contributed by atoms with Crippen LogP contribution in [0.4, 0.5) is 0 Å². The molecule has 0 bridgehead atoms.